The average Bonchev–Trinajstić information content (AvgIpc) is 2.88. The van der Waals surface area contributed by atoms with Crippen molar-refractivity contribution in [3.63, 3.8) is 0 Å². The lowest BCUT2D eigenvalue weighted by Crippen LogP contribution is -2.41. The molecule has 35 heavy (non-hydrogen) atoms. The first-order valence-corrected chi connectivity index (χ1v) is 11.9. The van der Waals surface area contributed by atoms with E-state index in [0.29, 0.717) is 27.8 Å². The minimum Gasteiger partial charge on any atom is -0.493 e. The van der Waals surface area contributed by atoms with Gasteiger partial charge >= 0.3 is 5.97 Å². The van der Waals surface area contributed by atoms with Crippen LogP contribution in [-0.4, -0.2) is 32.2 Å². The van der Waals surface area contributed by atoms with E-state index in [-0.39, 0.29) is 18.4 Å². The summed E-state index contributed by atoms with van der Waals surface area (Å²) in [5.74, 6) is 0.735. The van der Waals surface area contributed by atoms with Crippen molar-refractivity contribution in [2.45, 2.75) is 38.8 Å². The number of carbonyl (C=O) groups excluding carboxylic acids is 2. The van der Waals surface area contributed by atoms with Crippen molar-refractivity contribution in [3.05, 3.63) is 87.9 Å². The Kier molecular flexibility index (Phi) is 7.31. The fraction of sp³-hybridized carbons (Fsp3) is 0.286. The molecule has 7 heteroatoms. The van der Waals surface area contributed by atoms with E-state index >= 15 is 0 Å². The number of anilines is 1. The Morgan fingerprint density at radius 1 is 1.06 bits per heavy atom. The fourth-order valence-corrected chi connectivity index (χ4v) is 4.38. The van der Waals surface area contributed by atoms with Gasteiger partial charge in [0.05, 0.1) is 38.3 Å². The van der Waals surface area contributed by atoms with Gasteiger partial charge in [0.25, 0.3) is 0 Å². The Hall–Kier alpha value is -3.51. The zero-order chi connectivity index (χ0) is 25.1. The van der Waals surface area contributed by atoms with E-state index in [1.807, 2.05) is 43.3 Å². The van der Waals surface area contributed by atoms with Gasteiger partial charge in [-0.25, -0.2) is 4.79 Å². The molecule has 0 spiro atoms. The van der Waals surface area contributed by atoms with Gasteiger partial charge in [-0.15, -0.1) is 0 Å². The number of nitrogens with zero attached hydrogens (tertiary/aromatic N) is 1. The Bertz CT molecular complexity index is 1220. The van der Waals surface area contributed by atoms with Gasteiger partial charge in [0.2, 0.25) is 5.91 Å². The van der Waals surface area contributed by atoms with Gasteiger partial charge in [0, 0.05) is 10.7 Å². The molecule has 3 aromatic carbocycles. The lowest BCUT2D eigenvalue weighted by atomic mass is 9.86. The number of rotatable bonds is 7. The van der Waals surface area contributed by atoms with Crippen molar-refractivity contribution in [3.8, 4) is 11.5 Å². The smallest absolute Gasteiger partial charge is 0.337 e. The quantitative estimate of drug-likeness (QED) is 0.378. The molecule has 1 aliphatic heterocycles. The maximum Gasteiger partial charge on any atom is 0.337 e. The Balaban J connectivity index is 1.87. The topological polar surface area (TPSA) is 65.1 Å². The summed E-state index contributed by atoms with van der Waals surface area (Å²) in [6.45, 7) is 4.07. The molecule has 3 aromatic rings. The molecule has 1 amide bonds. The van der Waals surface area contributed by atoms with Crippen molar-refractivity contribution in [2.24, 2.45) is 0 Å². The van der Waals surface area contributed by atoms with Gasteiger partial charge in [0.15, 0.2) is 11.5 Å². The van der Waals surface area contributed by atoms with Crippen LogP contribution in [-0.2, 0) is 16.0 Å². The van der Waals surface area contributed by atoms with Crippen LogP contribution in [0.1, 0.15) is 53.4 Å². The van der Waals surface area contributed by atoms with E-state index < -0.39 is 12.0 Å². The molecule has 0 aromatic heterocycles. The van der Waals surface area contributed by atoms with Gasteiger partial charge < -0.3 is 19.1 Å². The third-order valence-electron chi connectivity index (χ3n) is 6.24. The van der Waals surface area contributed by atoms with E-state index in [0.717, 1.165) is 23.1 Å². The number of fused-ring (bicyclic) bond motifs is 1. The molecule has 4 rings (SSSR count). The van der Waals surface area contributed by atoms with Crippen molar-refractivity contribution < 1.29 is 23.8 Å². The molecule has 2 unspecified atom stereocenters. The number of carbonyl (C=O) groups is 2. The van der Waals surface area contributed by atoms with E-state index in [1.54, 1.807) is 36.3 Å². The van der Waals surface area contributed by atoms with E-state index in [1.165, 1.54) is 7.11 Å². The largest absolute Gasteiger partial charge is 0.493 e. The van der Waals surface area contributed by atoms with Crippen LogP contribution >= 0.6 is 11.6 Å². The van der Waals surface area contributed by atoms with Crippen molar-refractivity contribution in [1.82, 2.24) is 0 Å². The van der Waals surface area contributed by atoms with Crippen molar-refractivity contribution >= 4 is 29.2 Å². The van der Waals surface area contributed by atoms with Gasteiger partial charge in [0.1, 0.15) is 0 Å². The molecule has 1 aliphatic rings. The molecule has 0 bridgehead atoms. The lowest BCUT2D eigenvalue weighted by molar-refractivity contribution is -0.118. The lowest BCUT2D eigenvalue weighted by Gasteiger charge is -2.38. The summed E-state index contributed by atoms with van der Waals surface area (Å²) in [6.07, 6.45) is 1.05. The molecule has 0 N–H and O–H groups in total. The normalized spacial score (nSPS) is 15.9. The Labute approximate surface area is 210 Å². The molecular formula is C28H28ClNO5. The van der Waals surface area contributed by atoms with Gasteiger partial charge in [-0.1, -0.05) is 30.7 Å². The third-order valence-corrected chi connectivity index (χ3v) is 6.50. The van der Waals surface area contributed by atoms with E-state index in [2.05, 4.69) is 6.92 Å². The summed E-state index contributed by atoms with van der Waals surface area (Å²) in [6, 6.07) is 17.8. The van der Waals surface area contributed by atoms with Crippen LogP contribution in [0.25, 0.3) is 0 Å². The van der Waals surface area contributed by atoms with Gasteiger partial charge in [-0.05, 0) is 78.6 Å². The van der Waals surface area contributed by atoms with Crippen molar-refractivity contribution in [1.29, 1.82) is 0 Å². The number of halogens is 1. The molecule has 0 aliphatic carbocycles. The Morgan fingerprint density at radius 2 is 1.74 bits per heavy atom. The van der Waals surface area contributed by atoms with Crippen LogP contribution < -0.4 is 14.4 Å². The Morgan fingerprint density at radius 3 is 2.34 bits per heavy atom. The molecule has 1 heterocycles. The highest BCUT2D eigenvalue weighted by Crippen LogP contribution is 2.43. The van der Waals surface area contributed by atoms with Crippen LogP contribution in [0.15, 0.2) is 60.7 Å². The third kappa shape index (κ3) is 4.98. The maximum atomic E-state index is 13.5. The van der Waals surface area contributed by atoms with Crippen molar-refractivity contribution in [2.75, 3.05) is 19.1 Å². The minimum absolute atomic E-state index is 0.00289. The van der Waals surface area contributed by atoms with Crippen LogP contribution in [0.5, 0.6) is 11.5 Å². The van der Waals surface area contributed by atoms with Crippen LogP contribution in [0, 0.1) is 0 Å². The first kappa shape index (κ1) is 24.6. The molecule has 2 atom stereocenters. The maximum absolute atomic E-state index is 13.5. The summed E-state index contributed by atoms with van der Waals surface area (Å²) in [5.41, 5.74) is 3.82. The predicted molar refractivity (Wildman–Crippen MR) is 136 cm³/mol. The zero-order valence-electron chi connectivity index (χ0n) is 20.2. The average molecular weight is 494 g/mol. The van der Waals surface area contributed by atoms with Crippen LogP contribution in [0.4, 0.5) is 5.69 Å². The highest BCUT2D eigenvalue weighted by molar-refractivity contribution is 6.30. The summed E-state index contributed by atoms with van der Waals surface area (Å²) in [5, 5.41) is 0.612. The van der Waals surface area contributed by atoms with E-state index in [4.69, 9.17) is 25.8 Å². The number of esters is 1. The molecule has 0 saturated carbocycles. The van der Waals surface area contributed by atoms with Crippen LogP contribution in [0.2, 0.25) is 5.02 Å². The monoisotopic (exact) mass is 493 g/mol. The summed E-state index contributed by atoms with van der Waals surface area (Å²) >= 11 is 6.17. The highest BCUT2D eigenvalue weighted by atomic mass is 35.5. The molecule has 0 fully saturated rings. The standard InChI is InChI=1S/C28H28ClNO5/c1-5-17(2)35-25-16-23-20(14-24(25)33-3)15-26(31)30(27(23)18-6-10-21(29)11-7-18)22-12-8-19(9-13-22)28(32)34-4/h6-14,16-17,27H,5,15H2,1-4H3. The second-order valence-electron chi connectivity index (χ2n) is 8.47. The number of ether oxygens (including phenoxy) is 3. The summed E-state index contributed by atoms with van der Waals surface area (Å²) in [4.78, 5) is 27.2. The highest BCUT2D eigenvalue weighted by Gasteiger charge is 2.36. The molecule has 6 nitrogen and oxygen atoms in total. The zero-order valence-corrected chi connectivity index (χ0v) is 21.0. The second kappa shape index (κ2) is 10.4. The number of hydrogen-bond acceptors (Lipinski definition) is 5. The molecule has 182 valence electrons. The number of amides is 1. The number of benzene rings is 3. The fourth-order valence-electron chi connectivity index (χ4n) is 4.25. The molecule has 0 radical (unpaired) electrons. The predicted octanol–water partition coefficient (Wildman–Crippen LogP) is 5.99. The second-order valence-corrected chi connectivity index (χ2v) is 8.91. The first-order valence-electron chi connectivity index (χ1n) is 11.5. The van der Waals surface area contributed by atoms with Gasteiger partial charge in [-0.3, -0.25) is 4.79 Å². The number of hydrogen-bond donors (Lipinski definition) is 0. The molecule has 0 saturated heterocycles. The summed E-state index contributed by atoms with van der Waals surface area (Å²) in [7, 11) is 2.94. The number of methoxy groups -OCH3 is 2. The van der Waals surface area contributed by atoms with E-state index in [9.17, 15) is 9.59 Å². The van der Waals surface area contributed by atoms with Crippen LogP contribution in [0.3, 0.4) is 0 Å². The minimum atomic E-state index is -0.431. The SMILES string of the molecule is CCC(C)Oc1cc2c(cc1OC)CC(=O)N(c1ccc(C(=O)OC)cc1)C2c1ccc(Cl)cc1. The molecular weight excluding hydrogens is 466 g/mol. The first-order chi connectivity index (χ1) is 16.9. The van der Waals surface area contributed by atoms with Gasteiger partial charge in [-0.2, -0.15) is 0 Å². The summed E-state index contributed by atoms with van der Waals surface area (Å²) < 4.78 is 16.6.